The normalized spacial score (nSPS) is 12.0. The first-order chi connectivity index (χ1) is 20.6. The lowest BCUT2D eigenvalue weighted by atomic mass is 10.1. The van der Waals surface area contributed by atoms with Crippen LogP contribution in [-0.2, 0) is 28.5 Å². The Kier molecular flexibility index (Phi) is 33.4. The Balaban J connectivity index is 4.06. The van der Waals surface area contributed by atoms with Crippen molar-refractivity contribution < 1.29 is 28.5 Å². The third kappa shape index (κ3) is 31.8. The summed E-state index contributed by atoms with van der Waals surface area (Å²) in [5.74, 6) is -0.393. The van der Waals surface area contributed by atoms with E-state index in [1.807, 2.05) is 0 Å². The van der Waals surface area contributed by atoms with Gasteiger partial charge in [-0.2, -0.15) is 0 Å². The first kappa shape index (κ1) is 40.9. The zero-order chi connectivity index (χ0) is 30.8. The van der Waals surface area contributed by atoms with Crippen molar-refractivity contribution in [1.82, 2.24) is 0 Å². The Morgan fingerprint density at radius 1 is 0.500 bits per heavy atom. The number of ether oxygens (including phenoxy) is 4. The average Bonchev–Trinajstić information content (AvgIpc) is 2.99. The Hall–Kier alpha value is -1.14. The molecule has 0 aromatic rings. The van der Waals surface area contributed by atoms with Crippen molar-refractivity contribution in [2.24, 2.45) is 0 Å². The van der Waals surface area contributed by atoms with Gasteiger partial charge in [0, 0.05) is 39.6 Å². The van der Waals surface area contributed by atoms with Crippen LogP contribution in [0.1, 0.15) is 181 Å². The molecule has 0 aliphatic rings. The Morgan fingerprint density at radius 2 is 0.929 bits per heavy atom. The third-order valence-electron chi connectivity index (χ3n) is 7.92. The molecule has 0 N–H and O–H groups in total. The van der Waals surface area contributed by atoms with E-state index in [1.54, 1.807) is 7.11 Å². The molecule has 0 aliphatic carbocycles. The van der Waals surface area contributed by atoms with Gasteiger partial charge in [-0.3, -0.25) is 9.59 Å². The molecule has 0 rings (SSSR count). The van der Waals surface area contributed by atoms with Crippen molar-refractivity contribution in [2.75, 3.05) is 33.5 Å². The van der Waals surface area contributed by atoms with Gasteiger partial charge in [0.1, 0.15) is 12.7 Å². The molecule has 0 aromatic heterocycles. The zero-order valence-corrected chi connectivity index (χ0v) is 28.2. The molecule has 0 amide bonds. The topological polar surface area (TPSA) is 71.1 Å². The molecule has 0 radical (unpaired) electrons. The molecule has 1 atom stereocenters. The van der Waals surface area contributed by atoms with Crippen molar-refractivity contribution in [1.29, 1.82) is 0 Å². The van der Waals surface area contributed by atoms with Gasteiger partial charge < -0.3 is 18.9 Å². The van der Waals surface area contributed by atoms with E-state index < -0.39 is 6.10 Å². The zero-order valence-electron chi connectivity index (χ0n) is 28.2. The average molecular weight is 599 g/mol. The highest BCUT2D eigenvalue weighted by atomic mass is 16.6. The smallest absolute Gasteiger partial charge is 0.306 e. The quantitative estimate of drug-likeness (QED) is 0.0542. The number of hydrogen-bond donors (Lipinski definition) is 0. The van der Waals surface area contributed by atoms with Crippen LogP contribution in [0.4, 0.5) is 0 Å². The molecule has 250 valence electrons. The SMILES string of the molecule is CCCCCCCCCCCCCC(=O)OCC(CCOCCCOC)OC(=O)CCCCCCCCCCCCC. The van der Waals surface area contributed by atoms with E-state index in [2.05, 4.69) is 13.8 Å². The van der Waals surface area contributed by atoms with Gasteiger partial charge in [-0.25, -0.2) is 0 Å². The number of hydrogen-bond acceptors (Lipinski definition) is 6. The number of esters is 2. The summed E-state index contributed by atoms with van der Waals surface area (Å²) in [7, 11) is 1.68. The summed E-state index contributed by atoms with van der Waals surface area (Å²) in [6.07, 6.45) is 29.3. The van der Waals surface area contributed by atoms with E-state index in [9.17, 15) is 9.59 Å². The molecule has 0 aliphatic heterocycles. The molecule has 0 saturated carbocycles. The van der Waals surface area contributed by atoms with Crippen LogP contribution in [0.3, 0.4) is 0 Å². The molecule has 0 aromatic carbocycles. The number of carbonyl (C=O) groups is 2. The molecule has 0 spiro atoms. The molecule has 6 heteroatoms. The summed E-state index contributed by atoms with van der Waals surface area (Å²) in [5, 5.41) is 0. The fourth-order valence-electron chi connectivity index (χ4n) is 5.17. The minimum atomic E-state index is -0.450. The summed E-state index contributed by atoms with van der Waals surface area (Å²) in [4.78, 5) is 24.8. The third-order valence-corrected chi connectivity index (χ3v) is 7.92. The monoisotopic (exact) mass is 599 g/mol. The van der Waals surface area contributed by atoms with Crippen LogP contribution in [-0.4, -0.2) is 51.6 Å². The Morgan fingerprint density at radius 3 is 1.38 bits per heavy atom. The summed E-state index contributed by atoms with van der Waals surface area (Å²) >= 11 is 0. The lowest BCUT2D eigenvalue weighted by Gasteiger charge is -2.18. The van der Waals surface area contributed by atoms with Gasteiger partial charge in [0.25, 0.3) is 0 Å². The lowest BCUT2D eigenvalue weighted by Crippen LogP contribution is -2.27. The maximum atomic E-state index is 12.5. The molecule has 0 heterocycles. The predicted octanol–water partition coefficient (Wildman–Crippen LogP) is 10.3. The molecule has 0 bridgehead atoms. The molecule has 6 nitrogen and oxygen atoms in total. The highest BCUT2D eigenvalue weighted by Crippen LogP contribution is 2.14. The minimum Gasteiger partial charge on any atom is -0.462 e. The molecule has 1 unspecified atom stereocenters. The van der Waals surface area contributed by atoms with Crippen LogP contribution < -0.4 is 0 Å². The number of unbranched alkanes of at least 4 members (excludes halogenated alkanes) is 20. The van der Waals surface area contributed by atoms with Crippen LogP contribution in [0.5, 0.6) is 0 Å². The van der Waals surface area contributed by atoms with Crippen molar-refractivity contribution >= 4 is 11.9 Å². The Bertz CT molecular complexity index is 567. The first-order valence-electron chi connectivity index (χ1n) is 18.1. The van der Waals surface area contributed by atoms with Gasteiger partial charge in [0.2, 0.25) is 0 Å². The van der Waals surface area contributed by atoms with E-state index in [4.69, 9.17) is 18.9 Å². The van der Waals surface area contributed by atoms with Gasteiger partial charge in [0.15, 0.2) is 0 Å². The van der Waals surface area contributed by atoms with Crippen molar-refractivity contribution in [3.05, 3.63) is 0 Å². The maximum absolute atomic E-state index is 12.5. The van der Waals surface area contributed by atoms with Crippen LogP contribution >= 0.6 is 0 Å². The minimum absolute atomic E-state index is 0.113. The van der Waals surface area contributed by atoms with E-state index in [-0.39, 0.29) is 18.5 Å². The fourth-order valence-corrected chi connectivity index (χ4v) is 5.17. The molecular weight excluding hydrogens is 528 g/mol. The lowest BCUT2D eigenvalue weighted by molar-refractivity contribution is -0.160. The number of rotatable bonds is 34. The second-order valence-corrected chi connectivity index (χ2v) is 12.1. The van der Waals surface area contributed by atoms with Gasteiger partial charge in [0.05, 0.1) is 6.61 Å². The highest BCUT2D eigenvalue weighted by Gasteiger charge is 2.17. The van der Waals surface area contributed by atoms with Gasteiger partial charge >= 0.3 is 11.9 Å². The second kappa shape index (κ2) is 34.4. The molecule has 0 saturated heterocycles. The maximum Gasteiger partial charge on any atom is 0.306 e. The highest BCUT2D eigenvalue weighted by molar-refractivity contribution is 5.70. The van der Waals surface area contributed by atoms with Crippen LogP contribution in [0.15, 0.2) is 0 Å². The van der Waals surface area contributed by atoms with Crippen LogP contribution in [0.2, 0.25) is 0 Å². The summed E-state index contributed by atoms with van der Waals surface area (Å²) < 4.78 is 21.9. The molecular formula is C36H70O6. The standard InChI is InChI=1S/C36H70O6/c1-4-6-8-10-12-14-16-18-20-22-24-27-35(37)41-33-34(29-32-40-31-26-30-39-3)42-36(38)28-25-23-21-19-17-15-13-11-9-7-5-2/h34H,4-33H2,1-3H3. The summed E-state index contributed by atoms with van der Waals surface area (Å²) in [6.45, 7) is 6.36. The molecule has 0 fully saturated rings. The van der Waals surface area contributed by atoms with E-state index in [0.717, 1.165) is 32.1 Å². The van der Waals surface area contributed by atoms with Crippen LogP contribution in [0.25, 0.3) is 0 Å². The molecule has 42 heavy (non-hydrogen) atoms. The van der Waals surface area contributed by atoms with Crippen LogP contribution in [0, 0.1) is 0 Å². The fraction of sp³-hybridized carbons (Fsp3) is 0.944. The van der Waals surface area contributed by atoms with Gasteiger partial charge in [-0.1, -0.05) is 142 Å². The summed E-state index contributed by atoms with van der Waals surface area (Å²) in [6, 6.07) is 0. The largest absolute Gasteiger partial charge is 0.462 e. The van der Waals surface area contributed by atoms with Crippen molar-refractivity contribution in [2.45, 2.75) is 187 Å². The Labute approximate surface area is 260 Å². The number of methoxy groups -OCH3 is 1. The van der Waals surface area contributed by atoms with E-state index >= 15 is 0 Å². The van der Waals surface area contributed by atoms with E-state index in [1.165, 1.54) is 116 Å². The van der Waals surface area contributed by atoms with Gasteiger partial charge in [-0.05, 0) is 19.3 Å². The number of carbonyl (C=O) groups excluding carboxylic acids is 2. The van der Waals surface area contributed by atoms with Gasteiger partial charge in [-0.15, -0.1) is 0 Å². The van der Waals surface area contributed by atoms with Crippen molar-refractivity contribution in [3.8, 4) is 0 Å². The second-order valence-electron chi connectivity index (χ2n) is 12.1. The predicted molar refractivity (Wildman–Crippen MR) is 175 cm³/mol. The first-order valence-corrected chi connectivity index (χ1v) is 18.1. The van der Waals surface area contributed by atoms with E-state index in [0.29, 0.717) is 39.1 Å². The van der Waals surface area contributed by atoms with Crippen molar-refractivity contribution in [3.63, 3.8) is 0 Å². The summed E-state index contributed by atoms with van der Waals surface area (Å²) in [5.41, 5.74) is 0.